The van der Waals surface area contributed by atoms with Gasteiger partial charge in [-0.15, -0.1) is 0 Å². The van der Waals surface area contributed by atoms with Crippen molar-refractivity contribution >= 4 is 11.9 Å². The molecule has 2 N–H and O–H groups in total. The van der Waals surface area contributed by atoms with Gasteiger partial charge in [0.25, 0.3) is 5.91 Å². The monoisotopic (exact) mass is 412 g/mol. The molecule has 30 heavy (non-hydrogen) atoms. The van der Waals surface area contributed by atoms with Gasteiger partial charge in [-0.3, -0.25) is 9.79 Å². The van der Waals surface area contributed by atoms with Crippen LogP contribution >= 0.6 is 0 Å². The lowest BCUT2D eigenvalue weighted by molar-refractivity contribution is 0.0827. The molecule has 2 rings (SSSR count). The van der Waals surface area contributed by atoms with E-state index in [-0.39, 0.29) is 5.91 Å². The Bertz CT molecular complexity index is 865. The summed E-state index contributed by atoms with van der Waals surface area (Å²) < 4.78 is 11.0. The minimum atomic E-state index is 0.00759. The Labute approximate surface area is 179 Å². The first kappa shape index (κ1) is 23.1. The Morgan fingerprint density at radius 1 is 1.07 bits per heavy atom. The summed E-state index contributed by atoms with van der Waals surface area (Å²) in [4.78, 5) is 18.0. The van der Waals surface area contributed by atoms with E-state index in [4.69, 9.17) is 9.47 Å². The van der Waals surface area contributed by atoms with Crippen molar-refractivity contribution in [1.82, 2.24) is 15.5 Å². The Balaban J connectivity index is 1.88. The minimum Gasteiger partial charge on any atom is -0.493 e. The van der Waals surface area contributed by atoms with Crippen molar-refractivity contribution in [2.45, 2.75) is 19.9 Å². The van der Waals surface area contributed by atoms with Crippen LogP contribution in [-0.4, -0.2) is 58.2 Å². The number of aliphatic imine (C=N–C) groups is 1. The molecule has 0 fully saturated rings. The summed E-state index contributed by atoms with van der Waals surface area (Å²) in [7, 11) is 6.89. The second kappa shape index (κ2) is 11.7. The van der Waals surface area contributed by atoms with E-state index in [1.54, 1.807) is 33.2 Å². The highest BCUT2D eigenvalue weighted by molar-refractivity contribution is 5.94. The highest BCUT2D eigenvalue weighted by Crippen LogP contribution is 2.27. The first-order chi connectivity index (χ1) is 14.5. The van der Waals surface area contributed by atoms with Crippen LogP contribution in [0.3, 0.4) is 0 Å². The molecule has 0 unspecified atom stereocenters. The summed E-state index contributed by atoms with van der Waals surface area (Å²) in [5.41, 5.74) is 2.86. The summed E-state index contributed by atoms with van der Waals surface area (Å²) >= 11 is 0. The number of carbonyl (C=O) groups is 1. The van der Waals surface area contributed by atoms with Gasteiger partial charge in [0.15, 0.2) is 17.5 Å². The molecule has 0 aliphatic rings. The Morgan fingerprint density at radius 3 is 2.53 bits per heavy atom. The highest BCUT2D eigenvalue weighted by atomic mass is 16.5. The van der Waals surface area contributed by atoms with E-state index < -0.39 is 0 Å². The largest absolute Gasteiger partial charge is 0.493 e. The molecule has 0 bridgehead atoms. The molecule has 7 heteroatoms. The van der Waals surface area contributed by atoms with Gasteiger partial charge < -0.3 is 25.0 Å². The molecule has 1 amide bonds. The van der Waals surface area contributed by atoms with Crippen LogP contribution in [0, 0.1) is 0 Å². The Kier molecular flexibility index (Phi) is 9.00. The molecular formula is C23H32N4O3. The first-order valence-electron chi connectivity index (χ1n) is 10.0. The number of rotatable bonds is 9. The molecule has 0 radical (unpaired) electrons. The molecule has 0 heterocycles. The average molecular weight is 413 g/mol. The lowest BCUT2D eigenvalue weighted by atomic mass is 10.1. The maximum atomic E-state index is 12.1. The summed E-state index contributed by atoms with van der Waals surface area (Å²) in [5.74, 6) is 2.17. The van der Waals surface area contributed by atoms with Gasteiger partial charge in [0.1, 0.15) is 0 Å². The van der Waals surface area contributed by atoms with Crippen molar-refractivity contribution < 1.29 is 14.3 Å². The standard InChI is InChI=1S/C23H32N4O3/c1-6-30-21-15-18(10-11-20(21)29-5)16-26-23(24-2)25-13-12-17-8-7-9-19(14-17)22(28)27(3)4/h7-11,14-15H,6,12-13,16H2,1-5H3,(H2,24,25,26). The number of guanidine groups is 1. The maximum Gasteiger partial charge on any atom is 0.253 e. The number of amides is 1. The van der Waals surface area contributed by atoms with Crippen molar-refractivity contribution in [3.63, 3.8) is 0 Å². The van der Waals surface area contributed by atoms with Crippen molar-refractivity contribution in [1.29, 1.82) is 0 Å². The molecule has 162 valence electrons. The van der Waals surface area contributed by atoms with Gasteiger partial charge in [0.2, 0.25) is 0 Å². The molecular weight excluding hydrogens is 380 g/mol. The van der Waals surface area contributed by atoms with E-state index >= 15 is 0 Å². The third-order valence-corrected chi connectivity index (χ3v) is 4.50. The van der Waals surface area contributed by atoms with Gasteiger partial charge in [-0.1, -0.05) is 18.2 Å². The third kappa shape index (κ3) is 6.69. The predicted molar refractivity (Wildman–Crippen MR) is 121 cm³/mol. The lowest BCUT2D eigenvalue weighted by Crippen LogP contribution is -2.37. The topological polar surface area (TPSA) is 75.2 Å². The third-order valence-electron chi connectivity index (χ3n) is 4.50. The predicted octanol–water partition coefficient (Wildman–Crippen LogP) is 2.70. The molecule has 2 aromatic carbocycles. The van der Waals surface area contributed by atoms with Crippen LogP contribution in [0.25, 0.3) is 0 Å². The van der Waals surface area contributed by atoms with Crippen LogP contribution in [-0.2, 0) is 13.0 Å². The normalized spacial score (nSPS) is 11.0. The average Bonchev–Trinajstić information content (AvgIpc) is 2.76. The van der Waals surface area contributed by atoms with Gasteiger partial charge >= 0.3 is 0 Å². The quantitative estimate of drug-likeness (QED) is 0.489. The van der Waals surface area contributed by atoms with Crippen LogP contribution in [0.15, 0.2) is 47.5 Å². The molecule has 2 aromatic rings. The Morgan fingerprint density at radius 2 is 1.87 bits per heavy atom. The zero-order chi connectivity index (χ0) is 21.9. The van der Waals surface area contributed by atoms with Crippen molar-refractivity contribution in [3.05, 3.63) is 59.2 Å². The Hall–Kier alpha value is -3.22. The van der Waals surface area contributed by atoms with Crippen LogP contribution in [0.2, 0.25) is 0 Å². The molecule has 0 saturated heterocycles. The van der Waals surface area contributed by atoms with Crippen LogP contribution in [0.1, 0.15) is 28.4 Å². The van der Waals surface area contributed by atoms with Gasteiger partial charge in [0, 0.05) is 39.8 Å². The van der Waals surface area contributed by atoms with E-state index in [1.165, 1.54) is 0 Å². The number of ether oxygens (including phenoxy) is 2. The molecule has 0 aliphatic heterocycles. The van der Waals surface area contributed by atoms with Crippen molar-refractivity contribution in [2.24, 2.45) is 4.99 Å². The first-order valence-corrected chi connectivity index (χ1v) is 10.0. The van der Waals surface area contributed by atoms with Crippen LogP contribution in [0.5, 0.6) is 11.5 Å². The lowest BCUT2D eigenvalue weighted by Gasteiger charge is -2.14. The van der Waals surface area contributed by atoms with Crippen molar-refractivity contribution in [3.8, 4) is 11.5 Å². The SMILES string of the molecule is CCOc1cc(CNC(=NC)NCCc2cccc(C(=O)N(C)C)c2)ccc1OC. The van der Waals surface area contributed by atoms with Gasteiger partial charge in [0.05, 0.1) is 13.7 Å². The molecule has 0 atom stereocenters. The number of methoxy groups -OCH3 is 1. The molecule has 0 spiro atoms. The van der Waals surface area contributed by atoms with E-state index in [0.29, 0.717) is 31.2 Å². The molecule has 7 nitrogen and oxygen atoms in total. The fourth-order valence-corrected chi connectivity index (χ4v) is 2.95. The number of nitrogens with one attached hydrogen (secondary N) is 2. The molecule has 0 saturated carbocycles. The zero-order valence-electron chi connectivity index (χ0n) is 18.5. The number of hydrogen-bond donors (Lipinski definition) is 2. The number of benzene rings is 2. The van der Waals surface area contributed by atoms with E-state index in [2.05, 4.69) is 15.6 Å². The number of carbonyl (C=O) groups excluding carboxylic acids is 1. The van der Waals surface area contributed by atoms with Gasteiger partial charge in [-0.2, -0.15) is 0 Å². The zero-order valence-corrected chi connectivity index (χ0v) is 18.5. The van der Waals surface area contributed by atoms with Crippen LogP contribution < -0.4 is 20.1 Å². The summed E-state index contributed by atoms with van der Waals surface area (Å²) in [6, 6.07) is 13.6. The van der Waals surface area contributed by atoms with Gasteiger partial charge in [-0.25, -0.2) is 0 Å². The second-order valence-corrected chi connectivity index (χ2v) is 6.92. The van der Waals surface area contributed by atoms with Crippen molar-refractivity contribution in [2.75, 3.05) is 41.4 Å². The van der Waals surface area contributed by atoms with E-state index in [9.17, 15) is 4.79 Å². The smallest absolute Gasteiger partial charge is 0.253 e. The van der Waals surface area contributed by atoms with Crippen LogP contribution in [0.4, 0.5) is 0 Å². The fraction of sp³-hybridized carbons (Fsp3) is 0.391. The molecule has 0 aromatic heterocycles. The fourth-order valence-electron chi connectivity index (χ4n) is 2.95. The van der Waals surface area contributed by atoms with E-state index in [1.807, 2.05) is 49.4 Å². The molecule has 0 aliphatic carbocycles. The summed E-state index contributed by atoms with van der Waals surface area (Å²) in [6.07, 6.45) is 0.784. The number of hydrogen-bond acceptors (Lipinski definition) is 4. The summed E-state index contributed by atoms with van der Waals surface area (Å²) in [5, 5.41) is 6.61. The minimum absolute atomic E-state index is 0.00759. The van der Waals surface area contributed by atoms with E-state index in [0.717, 1.165) is 29.0 Å². The second-order valence-electron chi connectivity index (χ2n) is 6.92. The number of nitrogens with zero attached hydrogens (tertiary/aromatic N) is 2. The van der Waals surface area contributed by atoms with Gasteiger partial charge in [-0.05, 0) is 48.7 Å². The highest BCUT2D eigenvalue weighted by Gasteiger charge is 2.09. The maximum absolute atomic E-state index is 12.1. The summed E-state index contributed by atoms with van der Waals surface area (Å²) in [6.45, 7) is 3.84.